The second-order valence-electron chi connectivity index (χ2n) is 4.59. The monoisotopic (exact) mass is 248 g/mol. The molecule has 2 aromatic carbocycles. The Bertz CT molecular complexity index is 683. The third-order valence-corrected chi connectivity index (χ3v) is 3.49. The van der Waals surface area contributed by atoms with Gasteiger partial charge in [0.2, 0.25) is 0 Å². The summed E-state index contributed by atoms with van der Waals surface area (Å²) in [7, 11) is 0. The molecule has 2 N–H and O–H groups in total. The summed E-state index contributed by atoms with van der Waals surface area (Å²) < 4.78 is 0. The Morgan fingerprint density at radius 2 is 1.68 bits per heavy atom. The topological polar surface area (TPSA) is 53.6 Å². The number of nitrogens with zero attached hydrogens (tertiary/aromatic N) is 2. The molecule has 0 radical (unpaired) electrons. The normalized spacial score (nSPS) is 12.4. The van der Waals surface area contributed by atoms with Crippen LogP contribution in [0.15, 0.2) is 48.5 Å². The van der Waals surface area contributed by atoms with Gasteiger partial charge in [0, 0.05) is 23.4 Å². The van der Waals surface area contributed by atoms with E-state index in [0.29, 0.717) is 0 Å². The van der Waals surface area contributed by atoms with Crippen molar-refractivity contribution in [3.8, 4) is 22.5 Å². The quantitative estimate of drug-likeness (QED) is 0.643. The minimum atomic E-state index is 0.797. The molecule has 4 heteroatoms. The summed E-state index contributed by atoms with van der Waals surface area (Å²) >= 11 is 0. The van der Waals surface area contributed by atoms with Crippen molar-refractivity contribution in [3.05, 3.63) is 54.1 Å². The lowest BCUT2D eigenvalue weighted by Gasteiger charge is -2.17. The fourth-order valence-electron chi connectivity index (χ4n) is 2.56. The van der Waals surface area contributed by atoms with Gasteiger partial charge in [0.1, 0.15) is 5.69 Å². The Labute approximate surface area is 110 Å². The highest BCUT2D eigenvalue weighted by atomic mass is 15.3. The highest BCUT2D eigenvalue weighted by Gasteiger charge is 2.19. The number of hydrogen-bond acceptors (Lipinski definition) is 3. The lowest BCUT2D eigenvalue weighted by molar-refractivity contribution is 0.944. The molecule has 0 saturated carbocycles. The lowest BCUT2D eigenvalue weighted by Crippen LogP contribution is -2.05. The zero-order chi connectivity index (χ0) is 12.7. The summed E-state index contributed by atoms with van der Waals surface area (Å²) in [5.74, 6) is 0. The number of hydrogen-bond donors (Lipinski definition) is 2. The van der Waals surface area contributed by atoms with Gasteiger partial charge in [-0.2, -0.15) is 0 Å². The van der Waals surface area contributed by atoms with Gasteiger partial charge in [-0.1, -0.05) is 47.7 Å². The number of anilines is 1. The first-order chi connectivity index (χ1) is 9.43. The van der Waals surface area contributed by atoms with Gasteiger partial charge in [0.05, 0.1) is 5.69 Å². The number of aromatic nitrogens is 3. The number of H-pyrrole nitrogens is 1. The van der Waals surface area contributed by atoms with E-state index in [2.05, 4.69) is 51.1 Å². The Morgan fingerprint density at radius 1 is 0.895 bits per heavy atom. The first-order valence-corrected chi connectivity index (χ1v) is 6.26. The third-order valence-electron chi connectivity index (χ3n) is 3.49. The Hall–Kier alpha value is -2.62. The summed E-state index contributed by atoms with van der Waals surface area (Å²) in [5, 5.41) is 14.7. The SMILES string of the molecule is c1ccc2c(c1)CNc1ccccc1-c1nn[nH]c1-2. The zero-order valence-corrected chi connectivity index (χ0v) is 10.2. The van der Waals surface area contributed by atoms with Crippen LogP contribution in [-0.4, -0.2) is 15.4 Å². The molecule has 3 aromatic rings. The van der Waals surface area contributed by atoms with E-state index in [1.165, 1.54) is 5.56 Å². The molecule has 1 aliphatic heterocycles. The van der Waals surface area contributed by atoms with Crippen molar-refractivity contribution in [2.75, 3.05) is 5.32 Å². The molecule has 0 saturated heterocycles. The first-order valence-electron chi connectivity index (χ1n) is 6.26. The van der Waals surface area contributed by atoms with Crippen molar-refractivity contribution >= 4 is 5.69 Å². The molecule has 92 valence electrons. The molecule has 0 bridgehead atoms. The Morgan fingerprint density at radius 3 is 2.63 bits per heavy atom. The van der Waals surface area contributed by atoms with E-state index < -0.39 is 0 Å². The number of benzene rings is 2. The van der Waals surface area contributed by atoms with Crippen LogP contribution in [-0.2, 0) is 6.54 Å². The van der Waals surface area contributed by atoms with Crippen LogP contribution in [0.1, 0.15) is 5.56 Å². The van der Waals surface area contributed by atoms with Crippen molar-refractivity contribution in [1.82, 2.24) is 15.4 Å². The van der Waals surface area contributed by atoms with E-state index in [1.54, 1.807) is 0 Å². The molecule has 0 aliphatic carbocycles. The number of aromatic amines is 1. The fraction of sp³-hybridized carbons (Fsp3) is 0.0667. The van der Waals surface area contributed by atoms with Crippen molar-refractivity contribution in [3.63, 3.8) is 0 Å². The summed E-state index contributed by atoms with van der Waals surface area (Å²) in [6.07, 6.45) is 0. The highest BCUT2D eigenvalue weighted by Crippen LogP contribution is 2.36. The van der Waals surface area contributed by atoms with E-state index in [9.17, 15) is 0 Å². The molecule has 1 aromatic heterocycles. The van der Waals surface area contributed by atoms with Crippen LogP contribution in [0.3, 0.4) is 0 Å². The zero-order valence-electron chi connectivity index (χ0n) is 10.2. The second-order valence-corrected chi connectivity index (χ2v) is 4.59. The number of nitrogens with one attached hydrogen (secondary N) is 2. The van der Waals surface area contributed by atoms with Gasteiger partial charge in [-0.05, 0) is 11.6 Å². The Kier molecular flexibility index (Phi) is 2.14. The molecule has 19 heavy (non-hydrogen) atoms. The van der Waals surface area contributed by atoms with Crippen molar-refractivity contribution < 1.29 is 0 Å². The molecular weight excluding hydrogens is 236 g/mol. The van der Waals surface area contributed by atoms with Crippen LogP contribution in [0.2, 0.25) is 0 Å². The van der Waals surface area contributed by atoms with Gasteiger partial charge in [0.15, 0.2) is 0 Å². The number of rotatable bonds is 0. The maximum Gasteiger partial charge on any atom is 0.122 e. The van der Waals surface area contributed by atoms with Crippen LogP contribution in [0.5, 0.6) is 0 Å². The van der Waals surface area contributed by atoms with E-state index in [4.69, 9.17) is 0 Å². The van der Waals surface area contributed by atoms with E-state index in [1.807, 2.05) is 18.2 Å². The predicted octanol–water partition coefficient (Wildman–Crippen LogP) is 3.06. The largest absolute Gasteiger partial charge is 0.380 e. The van der Waals surface area contributed by atoms with Crippen molar-refractivity contribution in [2.24, 2.45) is 0 Å². The number of fused-ring (bicyclic) bond motifs is 5. The summed E-state index contributed by atoms with van der Waals surface area (Å²) in [4.78, 5) is 0. The summed E-state index contributed by atoms with van der Waals surface area (Å²) in [5.41, 5.74) is 6.46. The van der Waals surface area contributed by atoms with Crippen LogP contribution >= 0.6 is 0 Å². The maximum absolute atomic E-state index is 4.25. The smallest absolute Gasteiger partial charge is 0.122 e. The van der Waals surface area contributed by atoms with Gasteiger partial charge in [-0.25, -0.2) is 0 Å². The van der Waals surface area contributed by atoms with E-state index >= 15 is 0 Å². The molecule has 2 heterocycles. The van der Waals surface area contributed by atoms with Gasteiger partial charge < -0.3 is 5.32 Å². The molecule has 0 atom stereocenters. The standard InChI is InChI=1S/C15H12N4/c1-2-6-11-10(5-1)9-16-13-8-4-3-7-12(13)15-14(11)17-19-18-15/h1-8,16H,9H2,(H,17,18,19). The minimum absolute atomic E-state index is 0.797. The Balaban J connectivity index is 2.05. The van der Waals surface area contributed by atoms with Gasteiger partial charge >= 0.3 is 0 Å². The van der Waals surface area contributed by atoms with Gasteiger partial charge in [-0.15, -0.1) is 5.10 Å². The molecule has 4 nitrogen and oxygen atoms in total. The fourth-order valence-corrected chi connectivity index (χ4v) is 2.56. The molecule has 4 rings (SSSR count). The van der Waals surface area contributed by atoms with Crippen LogP contribution in [0, 0.1) is 0 Å². The van der Waals surface area contributed by atoms with Gasteiger partial charge in [0.25, 0.3) is 0 Å². The predicted molar refractivity (Wildman–Crippen MR) is 74.6 cm³/mol. The van der Waals surface area contributed by atoms with Crippen molar-refractivity contribution in [2.45, 2.75) is 6.54 Å². The number of para-hydroxylation sites is 1. The average Bonchev–Trinajstić information content (AvgIpc) is 2.92. The summed E-state index contributed by atoms with van der Waals surface area (Å²) in [6.45, 7) is 0.797. The molecule has 0 fully saturated rings. The molecule has 0 spiro atoms. The van der Waals surface area contributed by atoms with Crippen LogP contribution < -0.4 is 5.32 Å². The average molecular weight is 248 g/mol. The highest BCUT2D eigenvalue weighted by molar-refractivity contribution is 5.87. The molecule has 1 aliphatic rings. The van der Waals surface area contributed by atoms with Crippen molar-refractivity contribution in [1.29, 1.82) is 0 Å². The molecular formula is C15H12N4. The lowest BCUT2D eigenvalue weighted by atomic mass is 9.97. The molecule has 0 unspecified atom stereocenters. The first kappa shape index (κ1) is 10.3. The minimum Gasteiger partial charge on any atom is -0.380 e. The van der Waals surface area contributed by atoms with E-state index in [-0.39, 0.29) is 0 Å². The van der Waals surface area contributed by atoms with E-state index in [0.717, 1.165) is 34.7 Å². The second kappa shape index (κ2) is 3.95. The van der Waals surface area contributed by atoms with Crippen LogP contribution in [0.4, 0.5) is 5.69 Å². The van der Waals surface area contributed by atoms with Gasteiger partial charge in [-0.3, -0.25) is 5.10 Å². The maximum atomic E-state index is 4.25. The molecule has 0 amide bonds. The summed E-state index contributed by atoms with van der Waals surface area (Å²) in [6, 6.07) is 16.5. The third kappa shape index (κ3) is 1.53. The van der Waals surface area contributed by atoms with Crippen LogP contribution in [0.25, 0.3) is 22.5 Å².